The molecule has 0 fully saturated rings. The zero-order valence-corrected chi connectivity index (χ0v) is 18.2. The molecule has 0 bridgehead atoms. The van der Waals surface area contributed by atoms with Gasteiger partial charge in [-0.2, -0.15) is 0 Å². The van der Waals surface area contributed by atoms with E-state index >= 15 is 0 Å². The average molecular weight is 474 g/mol. The predicted octanol–water partition coefficient (Wildman–Crippen LogP) is 4.36. The Labute approximate surface area is 178 Å². The van der Waals surface area contributed by atoms with Gasteiger partial charge in [-0.05, 0) is 48.0 Å². The fourth-order valence-corrected chi connectivity index (χ4v) is 4.62. The topological polar surface area (TPSA) is 72.5 Å². The van der Waals surface area contributed by atoms with Crippen LogP contribution < -0.4 is 10.1 Å². The summed E-state index contributed by atoms with van der Waals surface area (Å²) in [6.45, 7) is 0.311. The van der Waals surface area contributed by atoms with Crippen molar-refractivity contribution >= 4 is 31.7 Å². The number of amides is 1. The number of ether oxygens (including phenoxy) is 1. The second-order valence-corrected chi connectivity index (χ2v) is 9.31. The monoisotopic (exact) mass is 473 g/mol. The molecule has 150 valence electrons. The van der Waals surface area contributed by atoms with Crippen LogP contribution >= 0.6 is 15.9 Å². The highest BCUT2D eigenvalue weighted by atomic mass is 79.9. The van der Waals surface area contributed by atoms with Gasteiger partial charge >= 0.3 is 0 Å². The lowest BCUT2D eigenvalue weighted by Crippen LogP contribution is -2.23. The van der Waals surface area contributed by atoms with Crippen molar-refractivity contribution in [3.63, 3.8) is 0 Å². The first kappa shape index (κ1) is 21.1. The van der Waals surface area contributed by atoms with E-state index in [1.165, 1.54) is 0 Å². The normalized spacial score (nSPS) is 11.1. The van der Waals surface area contributed by atoms with Crippen molar-refractivity contribution in [2.45, 2.75) is 17.2 Å². The van der Waals surface area contributed by atoms with Crippen LogP contribution in [0, 0.1) is 0 Å². The number of nitrogens with one attached hydrogen (secondary N) is 1. The third-order valence-corrected chi connectivity index (χ3v) is 6.55. The van der Waals surface area contributed by atoms with Crippen LogP contribution in [0.1, 0.15) is 21.5 Å². The van der Waals surface area contributed by atoms with Crippen LogP contribution in [0.3, 0.4) is 0 Å². The third kappa shape index (κ3) is 5.46. The molecule has 0 heterocycles. The third-order valence-electron chi connectivity index (χ3n) is 4.36. The molecule has 29 heavy (non-hydrogen) atoms. The number of benzene rings is 3. The Morgan fingerprint density at radius 3 is 2.34 bits per heavy atom. The van der Waals surface area contributed by atoms with Crippen LogP contribution in [-0.2, 0) is 22.1 Å². The highest BCUT2D eigenvalue weighted by Crippen LogP contribution is 2.23. The zero-order valence-electron chi connectivity index (χ0n) is 15.8. The summed E-state index contributed by atoms with van der Waals surface area (Å²) >= 11 is 3.41. The standard InChI is InChI=1S/C22H20BrNO4S/c1-28-21-12-11-19(23)13-18(21)14-24-22(25)17-9-7-16(8-10-17)15-29(26,27)20-5-3-2-4-6-20/h2-13H,14-15H2,1H3,(H,24,25). The van der Waals surface area contributed by atoms with E-state index in [0.29, 0.717) is 23.4 Å². The van der Waals surface area contributed by atoms with E-state index in [-0.39, 0.29) is 16.6 Å². The van der Waals surface area contributed by atoms with Gasteiger partial charge in [-0.25, -0.2) is 8.42 Å². The second kappa shape index (κ2) is 9.24. The van der Waals surface area contributed by atoms with Gasteiger partial charge in [0.2, 0.25) is 0 Å². The Bertz CT molecular complexity index is 1100. The highest BCUT2D eigenvalue weighted by Gasteiger charge is 2.15. The molecular formula is C22H20BrNO4S. The molecule has 0 saturated carbocycles. The van der Waals surface area contributed by atoms with E-state index < -0.39 is 9.84 Å². The fourth-order valence-electron chi connectivity index (χ4n) is 2.85. The molecule has 0 aliphatic heterocycles. The van der Waals surface area contributed by atoms with Gasteiger partial charge in [0.25, 0.3) is 5.91 Å². The molecule has 1 amide bonds. The number of carbonyl (C=O) groups excluding carboxylic acids is 1. The van der Waals surface area contributed by atoms with Crippen LogP contribution in [-0.4, -0.2) is 21.4 Å². The van der Waals surface area contributed by atoms with E-state index in [9.17, 15) is 13.2 Å². The molecule has 3 aromatic carbocycles. The van der Waals surface area contributed by atoms with Crippen LogP contribution in [0.5, 0.6) is 5.75 Å². The van der Waals surface area contributed by atoms with E-state index in [1.54, 1.807) is 61.7 Å². The Kier molecular flexibility index (Phi) is 6.71. The molecule has 3 rings (SSSR count). The summed E-state index contributed by atoms with van der Waals surface area (Å²) in [5.74, 6) is 0.327. The molecular weight excluding hydrogens is 454 g/mol. The molecule has 0 radical (unpaired) electrons. The smallest absolute Gasteiger partial charge is 0.251 e. The summed E-state index contributed by atoms with van der Waals surface area (Å²) in [7, 11) is -1.84. The number of rotatable bonds is 7. The summed E-state index contributed by atoms with van der Waals surface area (Å²) in [5.41, 5.74) is 1.93. The predicted molar refractivity (Wildman–Crippen MR) is 116 cm³/mol. The Morgan fingerprint density at radius 2 is 1.69 bits per heavy atom. The van der Waals surface area contributed by atoms with Gasteiger partial charge in [0.15, 0.2) is 9.84 Å². The lowest BCUT2D eigenvalue weighted by atomic mass is 10.1. The van der Waals surface area contributed by atoms with Crippen LogP contribution in [0.4, 0.5) is 0 Å². The van der Waals surface area contributed by atoms with Crippen LogP contribution in [0.25, 0.3) is 0 Å². The minimum Gasteiger partial charge on any atom is -0.496 e. The molecule has 0 aliphatic rings. The zero-order chi connectivity index (χ0) is 20.9. The minimum atomic E-state index is -3.42. The van der Waals surface area contributed by atoms with Crippen molar-refractivity contribution in [3.8, 4) is 5.75 Å². The van der Waals surface area contributed by atoms with E-state index in [4.69, 9.17) is 4.74 Å². The lowest BCUT2D eigenvalue weighted by molar-refractivity contribution is 0.0950. The van der Waals surface area contributed by atoms with Crippen molar-refractivity contribution in [2.24, 2.45) is 0 Å². The number of hydrogen-bond donors (Lipinski definition) is 1. The van der Waals surface area contributed by atoms with Gasteiger partial charge in [-0.1, -0.05) is 46.3 Å². The van der Waals surface area contributed by atoms with Crippen LogP contribution in [0.15, 0.2) is 82.2 Å². The van der Waals surface area contributed by atoms with Crippen molar-refractivity contribution in [2.75, 3.05) is 7.11 Å². The fraction of sp³-hybridized carbons (Fsp3) is 0.136. The summed E-state index contributed by atoms with van der Waals surface area (Å²) in [6, 6.07) is 20.5. The van der Waals surface area contributed by atoms with Gasteiger partial charge in [0.1, 0.15) is 5.75 Å². The maximum absolute atomic E-state index is 12.5. The Morgan fingerprint density at radius 1 is 1.00 bits per heavy atom. The van der Waals surface area contributed by atoms with Gasteiger partial charge in [0, 0.05) is 22.1 Å². The summed E-state index contributed by atoms with van der Waals surface area (Å²) < 4.78 is 31.1. The van der Waals surface area contributed by atoms with Crippen molar-refractivity contribution < 1.29 is 17.9 Å². The molecule has 0 aromatic heterocycles. The summed E-state index contributed by atoms with van der Waals surface area (Å²) in [6.07, 6.45) is 0. The van der Waals surface area contributed by atoms with Gasteiger partial charge < -0.3 is 10.1 Å². The average Bonchev–Trinajstić information content (AvgIpc) is 2.73. The minimum absolute atomic E-state index is 0.117. The van der Waals surface area contributed by atoms with E-state index in [0.717, 1.165) is 10.0 Å². The van der Waals surface area contributed by atoms with Crippen molar-refractivity contribution in [1.29, 1.82) is 0 Å². The van der Waals surface area contributed by atoms with E-state index in [2.05, 4.69) is 21.2 Å². The number of sulfone groups is 1. The van der Waals surface area contributed by atoms with Gasteiger partial charge in [-0.15, -0.1) is 0 Å². The number of halogens is 1. The van der Waals surface area contributed by atoms with Gasteiger partial charge in [-0.3, -0.25) is 4.79 Å². The molecule has 7 heteroatoms. The summed E-state index contributed by atoms with van der Waals surface area (Å²) in [5, 5.41) is 2.85. The second-order valence-electron chi connectivity index (χ2n) is 6.41. The maximum Gasteiger partial charge on any atom is 0.251 e. The molecule has 0 saturated heterocycles. The molecule has 3 aromatic rings. The van der Waals surface area contributed by atoms with E-state index in [1.807, 2.05) is 18.2 Å². The quantitative estimate of drug-likeness (QED) is 0.553. The molecule has 0 aliphatic carbocycles. The molecule has 0 atom stereocenters. The number of methoxy groups -OCH3 is 1. The van der Waals surface area contributed by atoms with Crippen molar-refractivity contribution in [1.82, 2.24) is 5.32 Å². The lowest BCUT2D eigenvalue weighted by Gasteiger charge is -2.11. The SMILES string of the molecule is COc1ccc(Br)cc1CNC(=O)c1ccc(CS(=O)(=O)c2ccccc2)cc1. The highest BCUT2D eigenvalue weighted by molar-refractivity contribution is 9.10. The number of hydrogen-bond acceptors (Lipinski definition) is 4. The largest absolute Gasteiger partial charge is 0.496 e. The van der Waals surface area contributed by atoms with Gasteiger partial charge in [0.05, 0.1) is 17.8 Å². The summed E-state index contributed by atoms with van der Waals surface area (Å²) in [4.78, 5) is 12.7. The molecule has 0 unspecified atom stereocenters. The van der Waals surface area contributed by atoms with Crippen molar-refractivity contribution in [3.05, 3.63) is 94.0 Å². The first-order valence-electron chi connectivity index (χ1n) is 8.86. The molecule has 5 nitrogen and oxygen atoms in total. The Hall–Kier alpha value is -2.64. The maximum atomic E-state index is 12.5. The molecule has 1 N–H and O–H groups in total. The molecule has 0 spiro atoms. The first-order chi connectivity index (χ1) is 13.9. The Balaban J connectivity index is 1.66. The number of carbonyl (C=O) groups is 1. The van der Waals surface area contributed by atoms with Crippen LogP contribution in [0.2, 0.25) is 0 Å². The first-order valence-corrected chi connectivity index (χ1v) is 11.3.